The molecule has 0 aromatic heterocycles. The molecular formula is C14H14BrNO2. The average molecular weight is 308 g/mol. The van der Waals surface area contributed by atoms with Gasteiger partial charge in [-0.1, -0.05) is 6.07 Å². The number of carbonyl (C=O) groups excluding carboxylic acids is 1. The maximum atomic E-state index is 12.2. The highest BCUT2D eigenvalue weighted by Gasteiger charge is 2.36. The Labute approximate surface area is 114 Å². The molecule has 3 nitrogen and oxygen atoms in total. The Kier molecular flexibility index (Phi) is 2.90. The Morgan fingerprint density at radius 3 is 2.67 bits per heavy atom. The van der Waals surface area contributed by atoms with Crippen LogP contribution in [0, 0.1) is 5.92 Å². The fourth-order valence-corrected chi connectivity index (χ4v) is 3.08. The van der Waals surface area contributed by atoms with Crippen LogP contribution in [0.4, 0.5) is 0 Å². The molecule has 0 unspecified atom stereocenters. The molecule has 2 bridgehead atoms. The summed E-state index contributed by atoms with van der Waals surface area (Å²) in [5.74, 6) is 0.715. The van der Waals surface area contributed by atoms with Gasteiger partial charge in [-0.2, -0.15) is 0 Å². The fraction of sp³-hybridized carbons (Fsp3) is 0.357. The van der Waals surface area contributed by atoms with E-state index in [1.54, 1.807) is 6.07 Å². The van der Waals surface area contributed by atoms with Crippen LogP contribution in [0.5, 0.6) is 5.75 Å². The van der Waals surface area contributed by atoms with E-state index in [1.165, 1.54) is 0 Å². The Balaban J connectivity index is 1.95. The van der Waals surface area contributed by atoms with Gasteiger partial charge in [-0.15, -0.1) is 0 Å². The van der Waals surface area contributed by atoms with Crippen LogP contribution in [0.2, 0.25) is 0 Å². The van der Waals surface area contributed by atoms with E-state index >= 15 is 0 Å². The van der Waals surface area contributed by atoms with Crippen LogP contribution in [0.15, 0.2) is 28.4 Å². The number of benzene rings is 1. The molecule has 3 aliphatic rings. The summed E-state index contributed by atoms with van der Waals surface area (Å²) in [5, 5.41) is 9.46. The normalized spacial score (nSPS) is 21.9. The van der Waals surface area contributed by atoms with Crippen molar-refractivity contribution < 1.29 is 9.90 Å². The van der Waals surface area contributed by atoms with Crippen molar-refractivity contribution in [2.45, 2.75) is 12.8 Å². The molecule has 1 N–H and O–H groups in total. The molecule has 0 radical (unpaired) electrons. The van der Waals surface area contributed by atoms with E-state index in [9.17, 15) is 9.90 Å². The van der Waals surface area contributed by atoms with Crippen LogP contribution in [0.3, 0.4) is 0 Å². The maximum absolute atomic E-state index is 12.2. The largest absolute Gasteiger partial charge is 0.507 e. The topological polar surface area (TPSA) is 40.5 Å². The standard InChI is InChI=1S/C14H14BrNO2/c15-11-7-9(1-2-13(11)17)8-12-14(18)10-3-5-16(12)6-4-10/h1-2,7-8,10,17H,3-6H2/b12-8-. The van der Waals surface area contributed by atoms with Gasteiger partial charge in [0.25, 0.3) is 0 Å². The molecule has 3 heterocycles. The quantitative estimate of drug-likeness (QED) is 0.811. The molecule has 4 heteroatoms. The zero-order valence-corrected chi connectivity index (χ0v) is 11.5. The molecule has 1 aromatic carbocycles. The molecule has 94 valence electrons. The summed E-state index contributed by atoms with van der Waals surface area (Å²) in [4.78, 5) is 14.3. The Bertz CT molecular complexity index is 531. The average Bonchev–Trinajstić information content (AvgIpc) is 2.38. The minimum atomic E-state index is 0.217. The van der Waals surface area contributed by atoms with E-state index in [0.717, 1.165) is 37.2 Å². The van der Waals surface area contributed by atoms with E-state index in [-0.39, 0.29) is 17.5 Å². The van der Waals surface area contributed by atoms with Crippen molar-refractivity contribution in [2.24, 2.45) is 5.92 Å². The van der Waals surface area contributed by atoms with E-state index in [2.05, 4.69) is 20.8 Å². The molecule has 0 atom stereocenters. The van der Waals surface area contributed by atoms with E-state index in [0.29, 0.717) is 4.47 Å². The van der Waals surface area contributed by atoms with Gasteiger partial charge >= 0.3 is 0 Å². The summed E-state index contributed by atoms with van der Waals surface area (Å²) >= 11 is 3.29. The van der Waals surface area contributed by atoms with Crippen LogP contribution in [0.1, 0.15) is 18.4 Å². The molecule has 0 saturated carbocycles. The minimum absolute atomic E-state index is 0.217. The van der Waals surface area contributed by atoms with Gasteiger partial charge in [0.15, 0.2) is 5.78 Å². The lowest BCUT2D eigenvalue weighted by Gasteiger charge is -2.41. The van der Waals surface area contributed by atoms with Crippen LogP contribution >= 0.6 is 15.9 Å². The lowest BCUT2D eigenvalue weighted by atomic mass is 9.84. The van der Waals surface area contributed by atoms with E-state index < -0.39 is 0 Å². The number of hydrogen-bond acceptors (Lipinski definition) is 3. The molecule has 1 aromatic rings. The third kappa shape index (κ3) is 1.94. The third-order valence-corrected chi connectivity index (χ3v) is 4.37. The van der Waals surface area contributed by atoms with Crippen molar-refractivity contribution in [2.75, 3.05) is 13.1 Å². The zero-order valence-electron chi connectivity index (χ0n) is 9.90. The highest BCUT2D eigenvalue weighted by atomic mass is 79.9. The van der Waals surface area contributed by atoms with Gasteiger partial charge in [-0.25, -0.2) is 0 Å². The predicted octanol–water partition coefficient (Wildman–Crippen LogP) is 2.79. The molecule has 3 saturated heterocycles. The first-order chi connectivity index (χ1) is 8.65. The fourth-order valence-electron chi connectivity index (χ4n) is 2.68. The molecular weight excluding hydrogens is 294 g/mol. The Morgan fingerprint density at radius 2 is 2.06 bits per heavy atom. The summed E-state index contributed by atoms with van der Waals surface area (Å²) < 4.78 is 0.653. The number of carbonyl (C=O) groups is 1. The highest BCUT2D eigenvalue weighted by molar-refractivity contribution is 9.10. The maximum Gasteiger partial charge on any atom is 0.182 e. The van der Waals surface area contributed by atoms with Crippen molar-refractivity contribution >= 4 is 27.8 Å². The second-order valence-corrected chi connectivity index (χ2v) is 5.72. The van der Waals surface area contributed by atoms with Crippen LogP contribution < -0.4 is 0 Å². The lowest BCUT2D eigenvalue weighted by Crippen LogP contribution is -2.45. The van der Waals surface area contributed by atoms with Crippen molar-refractivity contribution in [3.8, 4) is 5.75 Å². The smallest absolute Gasteiger partial charge is 0.182 e. The van der Waals surface area contributed by atoms with Gasteiger partial charge in [0, 0.05) is 19.0 Å². The number of ketones is 1. The highest BCUT2D eigenvalue weighted by Crippen LogP contribution is 2.33. The first-order valence-corrected chi connectivity index (χ1v) is 6.94. The molecule has 0 spiro atoms. The van der Waals surface area contributed by atoms with Crippen molar-refractivity contribution in [3.05, 3.63) is 33.9 Å². The SMILES string of the molecule is O=C1/C(=C/c2ccc(O)c(Br)c2)N2CCC1CC2. The number of halogens is 1. The minimum Gasteiger partial charge on any atom is -0.507 e. The van der Waals surface area contributed by atoms with Crippen LogP contribution in [0.25, 0.3) is 6.08 Å². The van der Waals surface area contributed by atoms with Gasteiger partial charge in [0.05, 0.1) is 10.2 Å². The van der Waals surface area contributed by atoms with Gasteiger partial charge in [-0.3, -0.25) is 4.79 Å². The lowest BCUT2D eigenvalue weighted by molar-refractivity contribution is -0.125. The van der Waals surface area contributed by atoms with Gasteiger partial charge in [0.2, 0.25) is 0 Å². The summed E-state index contributed by atoms with van der Waals surface area (Å²) in [6.07, 6.45) is 3.92. The van der Waals surface area contributed by atoms with Crippen molar-refractivity contribution in [1.82, 2.24) is 4.90 Å². The molecule has 3 fully saturated rings. The Morgan fingerprint density at radius 1 is 1.33 bits per heavy atom. The summed E-state index contributed by atoms with van der Waals surface area (Å²) in [7, 11) is 0. The second kappa shape index (κ2) is 4.43. The van der Waals surface area contributed by atoms with Crippen LogP contribution in [-0.2, 0) is 4.79 Å². The first-order valence-electron chi connectivity index (χ1n) is 6.14. The van der Waals surface area contributed by atoms with Crippen LogP contribution in [-0.4, -0.2) is 28.9 Å². The number of aromatic hydroxyl groups is 1. The number of hydrogen-bond donors (Lipinski definition) is 1. The van der Waals surface area contributed by atoms with Gasteiger partial charge < -0.3 is 10.0 Å². The predicted molar refractivity (Wildman–Crippen MR) is 73.1 cm³/mol. The monoisotopic (exact) mass is 307 g/mol. The molecule has 3 aliphatic heterocycles. The van der Waals surface area contributed by atoms with Gasteiger partial charge in [-0.05, 0) is 52.5 Å². The summed E-state index contributed by atoms with van der Waals surface area (Å²) in [5.41, 5.74) is 1.77. The number of fused-ring (bicyclic) bond motifs is 3. The number of phenolic OH excluding ortho intramolecular Hbond substituents is 1. The van der Waals surface area contributed by atoms with Gasteiger partial charge in [0.1, 0.15) is 5.75 Å². The zero-order chi connectivity index (χ0) is 12.7. The number of nitrogens with zero attached hydrogens (tertiary/aromatic N) is 1. The number of Topliss-reactive ketones (excluding diaryl/α,β-unsaturated/α-hetero) is 1. The Hall–Kier alpha value is -1.29. The summed E-state index contributed by atoms with van der Waals surface area (Å²) in [6, 6.07) is 5.29. The summed E-state index contributed by atoms with van der Waals surface area (Å²) in [6.45, 7) is 1.98. The molecule has 4 rings (SSSR count). The number of piperidine rings is 3. The molecule has 0 aliphatic carbocycles. The van der Waals surface area contributed by atoms with E-state index in [4.69, 9.17) is 0 Å². The number of phenols is 1. The first kappa shape index (κ1) is 11.8. The third-order valence-electron chi connectivity index (χ3n) is 3.73. The number of rotatable bonds is 1. The number of allylic oxidation sites excluding steroid dienone is 1. The second-order valence-electron chi connectivity index (χ2n) is 4.87. The molecule has 0 amide bonds. The molecule has 18 heavy (non-hydrogen) atoms. The van der Waals surface area contributed by atoms with Crippen molar-refractivity contribution in [3.63, 3.8) is 0 Å². The van der Waals surface area contributed by atoms with E-state index in [1.807, 2.05) is 18.2 Å². The van der Waals surface area contributed by atoms with Crippen molar-refractivity contribution in [1.29, 1.82) is 0 Å².